The first-order chi connectivity index (χ1) is 13.2. The normalized spacial score (nSPS) is 11.4. The molecular weight excluding hydrogens is 336 g/mol. The van der Waals surface area contributed by atoms with Crippen molar-refractivity contribution in [2.75, 3.05) is 0 Å². The molecule has 0 aliphatic rings. The van der Waals surface area contributed by atoms with Gasteiger partial charge in [0.1, 0.15) is 11.3 Å². The summed E-state index contributed by atoms with van der Waals surface area (Å²) in [5, 5.41) is 15.4. The fourth-order valence-electron chi connectivity index (χ4n) is 3.74. The Hall–Kier alpha value is -3.59. The summed E-state index contributed by atoms with van der Waals surface area (Å²) in [4.78, 5) is 12.6. The molecule has 27 heavy (non-hydrogen) atoms. The maximum absolute atomic E-state index is 12.6. The quantitative estimate of drug-likeness (QED) is 0.342. The lowest BCUT2D eigenvalue weighted by atomic mass is 9.97. The van der Waals surface area contributed by atoms with Crippen LogP contribution in [0, 0.1) is 0 Å². The summed E-state index contributed by atoms with van der Waals surface area (Å²) < 4.78 is 5.59. The highest BCUT2D eigenvalue weighted by atomic mass is 16.4. The molecule has 0 radical (unpaired) electrons. The van der Waals surface area contributed by atoms with E-state index in [-0.39, 0.29) is 11.4 Å². The van der Waals surface area contributed by atoms with E-state index in [1.807, 2.05) is 72.8 Å². The van der Waals surface area contributed by atoms with Gasteiger partial charge in [0.05, 0.1) is 0 Å². The third-order valence-corrected chi connectivity index (χ3v) is 5.10. The monoisotopic (exact) mass is 352 g/mol. The summed E-state index contributed by atoms with van der Waals surface area (Å²) >= 11 is 0. The van der Waals surface area contributed by atoms with Gasteiger partial charge in [-0.1, -0.05) is 60.7 Å². The highest BCUT2D eigenvalue weighted by Gasteiger charge is 2.13. The van der Waals surface area contributed by atoms with Crippen molar-refractivity contribution in [1.29, 1.82) is 0 Å². The minimum Gasteiger partial charge on any atom is -0.508 e. The Balaban J connectivity index is 1.74. The number of fused-ring (bicyclic) bond motifs is 4. The number of rotatable bonds is 2. The van der Waals surface area contributed by atoms with Crippen LogP contribution in [0.25, 0.3) is 32.5 Å². The van der Waals surface area contributed by atoms with Crippen LogP contribution in [0.4, 0.5) is 0 Å². The molecule has 0 amide bonds. The summed E-state index contributed by atoms with van der Waals surface area (Å²) in [5.74, 6) is 0.186. The molecule has 1 heterocycles. The van der Waals surface area contributed by atoms with Crippen LogP contribution in [0.5, 0.6) is 5.75 Å². The first kappa shape index (κ1) is 15.6. The van der Waals surface area contributed by atoms with Gasteiger partial charge in [-0.05, 0) is 39.7 Å². The zero-order valence-corrected chi connectivity index (χ0v) is 14.5. The minimum absolute atomic E-state index is 0.186. The number of phenols is 1. The van der Waals surface area contributed by atoms with E-state index < -0.39 is 0 Å². The number of aromatic hydroxyl groups is 1. The van der Waals surface area contributed by atoms with E-state index in [9.17, 15) is 9.90 Å². The molecule has 5 aromatic rings. The van der Waals surface area contributed by atoms with E-state index in [0.717, 1.165) is 32.5 Å². The van der Waals surface area contributed by atoms with Crippen molar-refractivity contribution >= 4 is 32.5 Å². The van der Waals surface area contributed by atoms with E-state index in [1.165, 1.54) is 0 Å². The molecule has 130 valence electrons. The van der Waals surface area contributed by atoms with Crippen LogP contribution < -0.4 is 5.63 Å². The molecule has 0 spiro atoms. The van der Waals surface area contributed by atoms with Gasteiger partial charge in [-0.25, -0.2) is 4.79 Å². The second-order valence-corrected chi connectivity index (χ2v) is 6.72. The van der Waals surface area contributed by atoms with Gasteiger partial charge in [0.2, 0.25) is 0 Å². The Labute approximate surface area is 155 Å². The zero-order chi connectivity index (χ0) is 18.4. The molecule has 0 aliphatic carbocycles. The van der Waals surface area contributed by atoms with E-state index in [4.69, 9.17) is 4.42 Å². The molecule has 0 atom stereocenters. The Bertz CT molecular complexity index is 1380. The molecule has 0 aliphatic heterocycles. The van der Waals surface area contributed by atoms with Crippen molar-refractivity contribution in [2.24, 2.45) is 0 Å². The summed E-state index contributed by atoms with van der Waals surface area (Å²) in [5.41, 5.74) is 1.47. The van der Waals surface area contributed by atoms with Crippen molar-refractivity contribution in [1.82, 2.24) is 0 Å². The lowest BCUT2D eigenvalue weighted by Gasteiger charge is -2.10. The van der Waals surface area contributed by atoms with Crippen molar-refractivity contribution < 1.29 is 9.52 Å². The summed E-state index contributed by atoms with van der Waals surface area (Å²) in [6, 6.07) is 25.1. The lowest BCUT2D eigenvalue weighted by Crippen LogP contribution is -2.08. The number of hydrogen-bond acceptors (Lipinski definition) is 3. The van der Waals surface area contributed by atoms with E-state index in [1.54, 1.807) is 6.07 Å². The molecule has 0 unspecified atom stereocenters. The van der Waals surface area contributed by atoms with Crippen LogP contribution in [-0.4, -0.2) is 5.11 Å². The molecule has 3 heteroatoms. The zero-order valence-electron chi connectivity index (χ0n) is 14.5. The lowest BCUT2D eigenvalue weighted by molar-refractivity contribution is 0.470. The molecule has 0 fully saturated rings. The van der Waals surface area contributed by atoms with Crippen LogP contribution in [0.1, 0.15) is 11.1 Å². The van der Waals surface area contributed by atoms with E-state index in [0.29, 0.717) is 17.6 Å². The molecule has 0 saturated heterocycles. The fraction of sp³-hybridized carbons (Fsp3) is 0.0417. The van der Waals surface area contributed by atoms with Crippen molar-refractivity contribution in [3.05, 3.63) is 100 Å². The van der Waals surface area contributed by atoms with Crippen LogP contribution in [-0.2, 0) is 6.42 Å². The van der Waals surface area contributed by atoms with Gasteiger partial charge in [0, 0.05) is 22.9 Å². The van der Waals surface area contributed by atoms with Crippen LogP contribution in [0.3, 0.4) is 0 Å². The van der Waals surface area contributed by atoms with Crippen LogP contribution >= 0.6 is 0 Å². The largest absolute Gasteiger partial charge is 0.508 e. The van der Waals surface area contributed by atoms with Crippen LogP contribution in [0.2, 0.25) is 0 Å². The molecule has 1 aromatic heterocycles. The van der Waals surface area contributed by atoms with Crippen molar-refractivity contribution in [3.8, 4) is 5.75 Å². The molecule has 4 aromatic carbocycles. The maximum Gasteiger partial charge on any atom is 0.339 e. The summed E-state index contributed by atoms with van der Waals surface area (Å²) in [7, 11) is 0. The molecule has 0 saturated carbocycles. The van der Waals surface area contributed by atoms with Gasteiger partial charge in [-0.3, -0.25) is 0 Å². The average molecular weight is 352 g/mol. The Morgan fingerprint density at radius 2 is 1.41 bits per heavy atom. The second kappa shape index (κ2) is 5.99. The van der Waals surface area contributed by atoms with Gasteiger partial charge >= 0.3 is 5.63 Å². The Morgan fingerprint density at radius 1 is 0.741 bits per heavy atom. The minimum atomic E-state index is -0.370. The Morgan fingerprint density at radius 3 is 2.22 bits per heavy atom. The third-order valence-electron chi connectivity index (χ3n) is 5.10. The van der Waals surface area contributed by atoms with Gasteiger partial charge < -0.3 is 9.52 Å². The smallest absolute Gasteiger partial charge is 0.339 e. The number of phenolic OH excluding ortho intramolecular Hbond substituents is 1. The highest BCUT2D eigenvalue weighted by molar-refractivity contribution is 6.05. The maximum atomic E-state index is 12.6. The van der Waals surface area contributed by atoms with Crippen LogP contribution in [0.15, 0.2) is 88.1 Å². The topological polar surface area (TPSA) is 50.4 Å². The number of hydrogen-bond donors (Lipinski definition) is 1. The standard InChI is InChI=1S/C24H16O3/c25-22-11-9-15-5-1-3-7-18(15)20(22)13-17-14-21-19-8-4-2-6-16(19)10-12-23(21)27-24(17)26/h1-12,14,25H,13H2. The second-order valence-electron chi connectivity index (χ2n) is 6.72. The van der Waals surface area contributed by atoms with Gasteiger partial charge in [0.25, 0.3) is 0 Å². The summed E-state index contributed by atoms with van der Waals surface area (Å²) in [6.07, 6.45) is 0.314. The van der Waals surface area contributed by atoms with Gasteiger partial charge in [-0.15, -0.1) is 0 Å². The first-order valence-corrected chi connectivity index (χ1v) is 8.85. The molecular formula is C24H16O3. The SMILES string of the molecule is O=c1oc2ccc3ccccc3c2cc1Cc1c(O)ccc2ccccc12. The highest BCUT2D eigenvalue weighted by Crippen LogP contribution is 2.30. The van der Waals surface area contributed by atoms with Crippen molar-refractivity contribution in [2.45, 2.75) is 6.42 Å². The predicted molar refractivity (Wildman–Crippen MR) is 108 cm³/mol. The van der Waals surface area contributed by atoms with E-state index >= 15 is 0 Å². The average Bonchev–Trinajstić information content (AvgIpc) is 2.70. The molecule has 5 rings (SSSR count). The van der Waals surface area contributed by atoms with E-state index in [2.05, 4.69) is 0 Å². The Kier molecular flexibility index (Phi) is 3.47. The van der Waals surface area contributed by atoms with Gasteiger partial charge in [-0.2, -0.15) is 0 Å². The van der Waals surface area contributed by atoms with Crippen molar-refractivity contribution in [3.63, 3.8) is 0 Å². The molecule has 1 N–H and O–H groups in total. The molecule has 0 bridgehead atoms. The van der Waals surface area contributed by atoms with Gasteiger partial charge in [0.15, 0.2) is 0 Å². The summed E-state index contributed by atoms with van der Waals surface area (Å²) in [6.45, 7) is 0. The fourth-order valence-corrected chi connectivity index (χ4v) is 3.74. The predicted octanol–water partition coefficient (Wildman–Crippen LogP) is 5.40. The third kappa shape index (κ3) is 2.56. The number of benzene rings is 4. The molecule has 3 nitrogen and oxygen atoms in total. The first-order valence-electron chi connectivity index (χ1n) is 8.85.